The molecule has 1 heterocycles. The minimum absolute atomic E-state index is 0.126. The van der Waals surface area contributed by atoms with E-state index >= 15 is 0 Å². The Labute approximate surface area is 146 Å². The minimum Gasteiger partial charge on any atom is -0.444 e. The van der Waals surface area contributed by atoms with Gasteiger partial charge in [-0.2, -0.15) is 0 Å². The number of aryl methyl sites for hydroxylation is 1. The monoisotopic (exact) mass is 332 g/mol. The largest absolute Gasteiger partial charge is 0.444 e. The first-order valence-corrected chi connectivity index (χ1v) is 8.99. The van der Waals surface area contributed by atoms with E-state index < -0.39 is 5.60 Å². The van der Waals surface area contributed by atoms with Crippen LogP contribution in [0.5, 0.6) is 0 Å². The molecule has 0 saturated carbocycles. The summed E-state index contributed by atoms with van der Waals surface area (Å²) in [5, 5.41) is 3.70. The predicted molar refractivity (Wildman–Crippen MR) is 98.2 cm³/mol. The van der Waals surface area contributed by atoms with Crippen molar-refractivity contribution in [3.63, 3.8) is 0 Å². The van der Waals surface area contributed by atoms with Crippen LogP contribution in [0.2, 0.25) is 0 Å². The number of rotatable bonds is 3. The lowest BCUT2D eigenvalue weighted by Crippen LogP contribution is -2.55. The van der Waals surface area contributed by atoms with Gasteiger partial charge in [0.2, 0.25) is 0 Å². The van der Waals surface area contributed by atoms with Gasteiger partial charge in [0.25, 0.3) is 0 Å². The average molecular weight is 332 g/mol. The molecule has 1 fully saturated rings. The molecule has 1 amide bonds. The SMILES string of the molecule is Cc1ccc(C(C)NC2CCCN(C(=O)OC(C)(C)C)C2C)cc1. The molecule has 1 saturated heterocycles. The molecule has 1 N–H and O–H groups in total. The van der Waals surface area contributed by atoms with E-state index in [1.165, 1.54) is 11.1 Å². The molecule has 4 heteroatoms. The van der Waals surface area contributed by atoms with Crippen LogP contribution in [0.25, 0.3) is 0 Å². The highest BCUT2D eigenvalue weighted by Crippen LogP contribution is 2.23. The van der Waals surface area contributed by atoms with E-state index in [0.717, 1.165) is 19.4 Å². The third-order valence-electron chi connectivity index (χ3n) is 4.66. The van der Waals surface area contributed by atoms with Crippen molar-refractivity contribution in [1.82, 2.24) is 10.2 Å². The molecule has 2 rings (SSSR count). The van der Waals surface area contributed by atoms with Crippen LogP contribution in [0.15, 0.2) is 24.3 Å². The zero-order valence-corrected chi connectivity index (χ0v) is 15.9. The Balaban J connectivity index is 2.00. The molecule has 0 radical (unpaired) electrons. The maximum Gasteiger partial charge on any atom is 0.410 e. The van der Waals surface area contributed by atoms with Crippen LogP contribution in [-0.4, -0.2) is 35.2 Å². The van der Waals surface area contributed by atoms with E-state index in [4.69, 9.17) is 4.74 Å². The Kier molecular flexibility index (Phi) is 5.92. The number of carbonyl (C=O) groups is 1. The number of likely N-dealkylation sites (tertiary alicyclic amines) is 1. The number of ether oxygens (including phenoxy) is 1. The van der Waals surface area contributed by atoms with Crippen LogP contribution < -0.4 is 5.32 Å². The topological polar surface area (TPSA) is 41.6 Å². The molecule has 134 valence electrons. The number of carbonyl (C=O) groups excluding carboxylic acids is 1. The highest BCUT2D eigenvalue weighted by molar-refractivity contribution is 5.68. The van der Waals surface area contributed by atoms with Gasteiger partial charge in [-0.3, -0.25) is 0 Å². The van der Waals surface area contributed by atoms with Gasteiger partial charge in [0.05, 0.1) is 0 Å². The van der Waals surface area contributed by atoms with E-state index in [-0.39, 0.29) is 24.2 Å². The zero-order chi connectivity index (χ0) is 17.9. The lowest BCUT2D eigenvalue weighted by Gasteiger charge is -2.41. The van der Waals surface area contributed by atoms with Gasteiger partial charge < -0.3 is 15.0 Å². The normalized spacial score (nSPS) is 23.0. The second kappa shape index (κ2) is 7.56. The highest BCUT2D eigenvalue weighted by Gasteiger charge is 2.34. The summed E-state index contributed by atoms with van der Waals surface area (Å²) in [6, 6.07) is 9.30. The molecule has 3 unspecified atom stereocenters. The first kappa shape index (κ1) is 18.8. The van der Waals surface area contributed by atoms with Crippen molar-refractivity contribution in [2.24, 2.45) is 0 Å². The van der Waals surface area contributed by atoms with Gasteiger partial charge in [-0.25, -0.2) is 4.79 Å². The summed E-state index contributed by atoms with van der Waals surface area (Å²) in [6.45, 7) is 12.9. The van der Waals surface area contributed by atoms with E-state index in [2.05, 4.69) is 50.4 Å². The maximum atomic E-state index is 12.4. The number of nitrogens with one attached hydrogen (secondary N) is 1. The van der Waals surface area contributed by atoms with E-state index in [9.17, 15) is 4.79 Å². The van der Waals surface area contributed by atoms with Crippen LogP contribution in [0.4, 0.5) is 4.79 Å². The third-order valence-corrected chi connectivity index (χ3v) is 4.66. The second-order valence-electron chi connectivity index (χ2n) is 7.96. The summed E-state index contributed by atoms with van der Waals surface area (Å²) in [6.07, 6.45) is 1.88. The quantitative estimate of drug-likeness (QED) is 0.890. The average Bonchev–Trinajstić information content (AvgIpc) is 2.48. The molecular weight excluding hydrogens is 300 g/mol. The summed E-state index contributed by atoms with van der Waals surface area (Å²) in [4.78, 5) is 14.3. The molecule has 1 aliphatic rings. The van der Waals surface area contributed by atoms with Crippen molar-refractivity contribution in [2.45, 2.75) is 78.1 Å². The Morgan fingerprint density at radius 2 is 1.92 bits per heavy atom. The van der Waals surface area contributed by atoms with Crippen molar-refractivity contribution in [2.75, 3.05) is 6.54 Å². The van der Waals surface area contributed by atoms with E-state index in [0.29, 0.717) is 0 Å². The molecular formula is C20H32N2O2. The minimum atomic E-state index is -0.452. The van der Waals surface area contributed by atoms with Gasteiger partial charge in [0.15, 0.2) is 0 Å². The second-order valence-corrected chi connectivity index (χ2v) is 7.96. The summed E-state index contributed by atoms with van der Waals surface area (Å²) in [7, 11) is 0. The fourth-order valence-electron chi connectivity index (χ4n) is 3.22. The number of piperidine rings is 1. The van der Waals surface area contributed by atoms with Crippen LogP contribution in [0.3, 0.4) is 0 Å². The van der Waals surface area contributed by atoms with Gasteiger partial charge in [-0.15, -0.1) is 0 Å². The van der Waals surface area contributed by atoms with Crippen molar-refractivity contribution >= 4 is 6.09 Å². The molecule has 0 spiro atoms. The lowest BCUT2D eigenvalue weighted by molar-refractivity contribution is 0.00643. The highest BCUT2D eigenvalue weighted by atomic mass is 16.6. The fraction of sp³-hybridized carbons (Fsp3) is 0.650. The zero-order valence-electron chi connectivity index (χ0n) is 15.9. The van der Waals surface area contributed by atoms with E-state index in [1.807, 2.05) is 25.7 Å². The molecule has 0 aliphatic carbocycles. The van der Waals surface area contributed by atoms with Crippen molar-refractivity contribution in [3.8, 4) is 0 Å². The Morgan fingerprint density at radius 1 is 1.29 bits per heavy atom. The van der Waals surface area contributed by atoms with Crippen LogP contribution in [-0.2, 0) is 4.74 Å². The summed E-state index contributed by atoms with van der Waals surface area (Å²) in [5.74, 6) is 0. The van der Waals surface area contributed by atoms with Gasteiger partial charge >= 0.3 is 6.09 Å². The molecule has 0 bridgehead atoms. The number of hydrogen-bond donors (Lipinski definition) is 1. The fourth-order valence-corrected chi connectivity index (χ4v) is 3.22. The van der Waals surface area contributed by atoms with E-state index in [1.54, 1.807) is 0 Å². The van der Waals surface area contributed by atoms with Crippen molar-refractivity contribution in [1.29, 1.82) is 0 Å². The van der Waals surface area contributed by atoms with Crippen molar-refractivity contribution < 1.29 is 9.53 Å². The van der Waals surface area contributed by atoms with Gasteiger partial charge in [-0.1, -0.05) is 29.8 Å². The molecule has 1 aromatic carbocycles. The smallest absolute Gasteiger partial charge is 0.410 e. The lowest BCUT2D eigenvalue weighted by atomic mass is 9.95. The Bertz CT molecular complexity index is 548. The molecule has 1 aliphatic heterocycles. The number of benzene rings is 1. The molecule has 1 aromatic rings. The van der Waals surface area contributed by atoms with Crippen LogP contribution >= 0.6 is 0 Å². The third kappa shape index (κ3) is 4.97. The first-order valence-electron chi connectivity index (χ1n) is 8.99. The summed E-state index contributed by atoms with van der Waals surface area (Å²) < 4.78 is 5.56. The number of hydrogen-bond acceptors (Lipinski definition) is 3. The van der Waals surface area contributed by atoms with Gasteiger partial charge in [0, 0.05) is 24.7 Å². The Morgan fingerprint density at radius 3 is 2.50 bits per heavy atom. The van der Waals surface area contributed by atoms with Gasteiger partial charge in [-0.05, 0) is 59.9 Å². The molecule has 3 atom stereocenters. The number of amides is 1. The van der Waals surface area contributed by atoms with Gasteiger partial charge in [0.1, 0.15) is 5.60 Å². The standard InChI is InChI=1S/C20H32N2O2/c1-14-9-11-17(12-10-14)15(2)21-18-8-7-13-22(16(18)3)19(23)24-20(4,5)6/h9-12,15-16,18,21H,7-8,13H2,1-6H3. The predicted octanol–water partition coefficient (Wildman–Crippen LogP) is 4.43. The maximum absolute atomic E-state index is 12.4. The molecule has 0 aromatic heterocycles. The van der Waals surface area contributed by atoms with Crippen molar-refractivity contribution in [3.05, 3.63) is 35.4 Å². The summed E-state index contributed by atoms with van der Waals surface area (Å²) in [5.41, 5.74) is 2.10. The number of nitrogens with zero attached hydrogens (tertiary/aromatic N) is 1. The molecule has 4 nitrogen and oxygen atoms in total. The summed E-state index contributed by atoms with van der Waals surface area (Å²) >= 11 is 0. The van der Waals surface area contributed by atoms with Crippen LogP contribution in [0, 0.1) is 6.92 Å². The van der Waals surface area contributed by atoms with Crippen LogP contribution in [0.1, 0.15) is 64.6 Å². The Hall–Kier alpha value is -1.55. The first-order chi connectivity index (χ1) is 11.2. The molecule has 24 heavy (non-hydrogen) atoms.